The Kier molecular flexibility index (Phi) is 5.38. The van der Waals surface area contributed by atoms with Crippen molar-refractivity contribution in [1.29, 1.82) is 0 Å². The molecule has 0 saturated carbocycles. The zero-order chi connectivity index (χ0) is 18.6. The van der Waals surface area contributed by atoms with Gasteiger partial charge in [0.15, 0.2) is 11.5 Å². The summed E-state index contributed by atoms with van der Waals surface area (Å²) in [5, 5.41) is 20.6. The summed E-state index contributed by atoms with van der Waals surface area (Å²) < 4.78 is 10.3. The summed E-state index contributed by atoms with van der Waals surface area (Å²) >= 11 is 0. The third kappa shape index (κ3) is 3.95. The van der Waals surface area contributed by atoms with E-state index in [9.17, 15) is 20.0 Å². The summed E-state index contributed by atoms with van der Waals surface area (Å²) in [5.74, 6) is -0.292. The molecule has 25 heavy (non-hydrogen) atoms. The molecule has 0 fully saturated rings. The Bertz CT molecular complexity index is 857. The minimum Gasteiger partial charge on any atom is -0.493 e. The molecule has 2 aromatic carbocycles. The van der Waals surface area contributed by atoms with Crippen LogP contribution < -0.4 is 9.47 Å². The fraction of sp³-hybridized carbons (Fsp3) is 0.167. The van der Waals surface area contributed by atoms with Gasteiger partial charge >= 0.3 is 5.97 Å². The second kappa shape index (κ2) is 7.48. The lowest BCUT2D eigenvalue weighted by atomic mass is 10.0. The largest absolute Gasteiger partial charge is 0.493 e. The highest BCUT2D eigenvalue weighted by atomic mass is 16.6. The zero-order valence-electron chi connectivity index (χ0n) is 14.0. The van der Waals surface area contributed by atoms with E-state index in [4.69, 9.17) is 9.47 Å². The summed E-state index contributed by atoms with van der Waals surface area (Å²) in [6.07, 6.45) is 1.38. The lowest BCUT2D eigenvalue weighted by molar-refractivity contribution is -0.385. The van der Waals surface area contributed by atoms with Crippen molar-refractivity contribution >= 4 is 23.3 Å². The number of nitro benzene ring substituents is 1. The molecule has 0 atom stereocenters. The van der Waals surface area contributed by atoms with Gasteiger partial charge in [-0.15, -0.1) is 0 Å². The van der Waals surface area contributed by atoms with Crippen LogP contribution >= 0.6 is 0 Å². The summed E-state index contributed by atoms with van der Waals surface area (Å²) in [7, 11) is 2.94. The monoisotopic (exact) mass is 343 g/mol. The molecule has 0 aliphatic carbocycles. The molecule has 0 aliphatic rings. The number of hydrogen-bond donors (Lipinski definition) is 1. The van der Waals surface area contributed by atoms with E-state index in [-0.39, 0.29) is 11.3 Å². The second-order valence-corrected chi connectivity index (χ2v) is 5.24. The van der Waals surface area contributed by atoms with Gasteiger partial charge in [0.25, 0.3) is 5.69 Å². The fourth-order valence-corrected chi connectivity index (χ4v) is 2.35. The van der Waals surface area contributed by atoms with Gasteiger partial charge in [-0.1, -0.05) is 18.2 Å². The Balaban J connectivity index is 2.55. The molecule has 0 aliphatic heterocycles. The molecule has 0 unspecified atom stereocenters. The fourth-order valence-electron chi connectivity index (χ4n) is 2.35. The molecular formula is C18H17NO6. The number of carboxylic acid groups (broad SMARTS) is 1. The van der Waals surface area contributed by atoms with Crippen molar-refractivity contribution in [2.75, 3.05) is 14.2 Å². The van der Waals surface area contributed by atoms with E-state index >= 15 is 0 Å². The molecule has 7 heteroatoms. The van der Waals surface area contributed by atoms with Gasteiger partial charge in [-0.05, 0) is 36.3 Å². The van der Waals surface area contributed by atoms with Crippen LogP contribution in [0.5, 0.6) is 11.5 Å². The summed E-state index contributed by atoms with van der Waals surface area (Å²) in [6, 6.07) is 9.29. The maximum absolute atomic E-state index is 11.7. The van der Waals surface area contributed by atoms with Gasteiger partial charge < -0.3 is 14.6 Å². The van der Waals surface area contributed by atoms with E-state index in [0.717, 1.165) is 0 Å². The van der Waals surface area contributed by atoms with Crippen LogP contribution in [0.4, 0.5) is 5.69 Å². The summed E-state index contributed by atoms with van der Waals surface area (Å²) in [5.41, 5.74) is 1.24. The number of benzene rings is 2. The molecular weight excluding hydrogens is 326 g/mol. The number of aliphatic carboxylic acids is 1. The average Bonchev–Trinajstić information content (AvgIpc) is 2.59. The number of methoxy groups -OCH3 is 2. The highest BCUT2D eigenvalue weighted by Gasteiger charge is 2.16. The molecule has 0 bridgehead atoms. The van der Waals surface area contributed by atoms with Gasteiger partial charge in [0.05, 0.1) is 24.7 Å². The minimum atomic E-state index is -1.16. The van der Waals surface area contributed by atoms with Gasteiger partial charge in [0, 0.05) is 11.6 Å². The van der Waals surface area contributed by atoms with E-state index < -0.39 is 10.9 Å². The molecule has 2 aromatic rings. The van der Waals surface area contributed by atoms with Crippen molar-refractivity contribution in [2.45, 2.75) is 6.92 Å². The average molecular weight is 343 g/mol. The van der Waals surface area contributed by atoms with E-state index in [1.807, 2.05) is 0 Å². The van der Waals surface area contributed by atoms with Crippen molar-refractivity contribution in [2.24, 2.45) is 0 Å². The van der Waals surface area contributed by atoms with Crippen LogP contribution in [0.3, 0.4) is 0 Å². The number of rotatable bonds is 6. The van der Waals surface area contributed by atoms with Gasteiger partial charge in [-0.2, -0.15) is 0 Å². The van der Waals surface area contributed by atoms with Crippen molar-refractivity contribution in [3.05, 3.63) is 63.2 Å². The van der Waals surface area contributed by atoms with Crippen molar-refractivity contribution < 1.29 is 24.3 Å². The zero-order valence-corrected chi connectivity index (χ0v) is 14.0. The molecule has 0 aromatic heterocycles. The van der Waals surface area contributed by atoms with Crippen LogP contribution in [0.15, 0.2) is 36.4 Å². The molecule has 2 rings (SSSR count). The van der Waals surface area contributed by atoms with E-state index in [1.165, 1.54) is 26.4 Å². The third-order valence-electron chi connectivity index (χ3n) is 3.67. The van der Waals surface area contributed by atoms with E-state index in [2.05, 4.69) is 0 Å². The van der Waals surface area contributed by atoms with E-state index in [1.54, 1.807) is 37.3 Å². The quantitative estimate of drug-likeness (QED) is 0.373. The number of carbonyl (C=O) groups is 1. The number of nitro groups is 1. The lowest BCUT2D eigenvalue weighted by Crippen LogP contribution is -2.01. The Morgan fingerprint density at radius 3 is 2.36 bits per heavy atom. The standard InChI is InChI=1S/C18H17NO6/c1-11-4-5-12(9-15(11)19(22)23)8-14(18(20)21)13-6-7-16(24-2)17(10-13)25-3/h4-10H,1-3H3,(H,20,21)/b14-8-. The molecule has 0 radical (unpaired) electrons. The van der Waals surface area contributed by atoms with Gasteiger partial charge in [-0.3, -0.25) is 10.1 Å². The topological polar surface area (TPSA) is 98.9 Å². The van der Waals surface area contributed by atoms with Crippen molar-refractivity contribution in [1.82, 2.24) is 0 Å². The van der Waals surface area contributed by atoms with Crippen LogP contribution in [0, 0.1) is 17.0 Å². The first-order valence-electron chi connectivity index (χ1n) is 7.29. The molecule has 0 saturated heterocycles. The minimum absolute atomic E-state index is 0.0147. The third-order valence-corrected chi connectivity index (χ3v) is 3.67. The normalized spacial score (nSPS) is 11.1. The molecule has 0 amide bonds. The van der Waals surface area contributed by atoms with Gasteiger partial charge in [-0.25, -0.2) is 4.79 Å². The van der Waals surface area contributed by atoms with Crippen LogP contribution in [0.25, 0.3) is 11.6 Å². The maximum atomic E-state index is 11.7. The van der Waals surface area contributed by atoms with E-state index in [0.29, 0.717) is 28.2 Å². The number of hydrogen-bond acceptors (Lipinski definition) is 5. The molecule has 130 valence electrons. The molecule has 1 N–H and O–H groups in total. The Morgan fingerprint density at radius 2 is 1.80 bits per heavy atom. The number of carboxylic acids is 1. The first kappa shape index (κ1) is 18.0. The van der Waals surface area contributed by atoms with Gasteiger partial charge in [0.1, 0.15) is 0 Å². The number of aryl methyl sites for hydroxylation is 1. The molecule has 0 heterocycles. The maximum Gasteiger partial charge on any atom is 0.336 e. The highest BCUT2D eigenvalue weighted by molar-refractivity contribution is 6.20. The predicted octanol–water partition coefficient (Wildman–Crippen LogP) is 3.55. The number of nitrogens with zero attached hydrogens (tertiary/aromatic N) is 1. The Morgan fingerprint density at radius 1 is 1.12 bits per heavy atom. The smallest absolute Gasteiger partial charge is 0.336 e. The van der Waals surface area contributed by atoms with Crippen molar-refractivity contribution in [3.8, 4) is 11.5 Å². The lowest BCUT2D eigenvalue weighted by Gasteiger charge is -2.10. The van der Waals surface area contributed by atoms with Crippen LogP contribution in [0.1, 0.15) is 16.7 Å². The van der Waals surface area contributed by atoms with Crippen LogP contribution in [-0.4, -0.2) is 30.2 Å². The molecule has 0 spiro atoms. The first-order valence-corrected chi connectivity index (χ1v) is 7.29. The summed E-state index contributed by atoms with van der Waals surface area (Å²) in [6.45, 7) is 1.62. The van der Waals surface area contributed by atoms with Crippen molar-refractivity contribution in [3.63, 3.8) is 0 Å². The van der Waals surface area contributed by atoms with Crippen LogP contribution in [0.2, 0.25) is 0 Å². The molecule has 7 nitrogen and oxygen atoms in total. The van der Waals surface area contributed by atoms with Crippen LogP contribution in [-0.2, 0) is 4.79 Å². The predicted molar refractivity (Wildman–Crippen MR) is 92.9 cm³/mol. The van der Waals surface area contributed by atoms with Gasteiger partial charge in [0.2, 0.25) is 0 Å². The SMILES string of the molecule is COc1ccc(/C(=C/c2ccc(C)c([N+](=O)[O-])c2)C(=O)O)cc1OC. The Hall–Kier alpha value is -3.35. The Labute approximate surface area is 144 Å². The first-order chi connectivity index (χ1) is 11.9. The number of ether oxygens (including phenoxy) is 2. The summed E-state index contributed by atoms with van der Waals surface area (Å²) in [4.78, 5) is 22.2. The second-order valence-electron chi connectivity index (χ2n) is 5.24. The highest BCUT2D eigenvalue weighted by Crippen LogP contribution is 2.31.